The highest BCUT2D eigenvalue weighted by Gasteiger charge is 2.11. The molecule has 0 rings (SSSR count). The van der Waals surface area contributed by atoms with Gasteiger partial charge < -0.3 is 5.73 Å². The summed E-state index contributed by atoms with van der Waals surface area (Å²) in [4.78, 5) is 2.24. The molecule has 0 saturated heterocycles. The second-order valence-corrected chi connectivity index (χ2v) is 3.70. The summed E-state index contributed by atoms with van der Waals surface area (Å²) < 4.78 is 0. The summed E-state index contributed by atoms with van der Waals surface area (Å²) in [5.41, 5.74) is 5.97. The van der Waals surface area contributed by atoms with Gasteiger partial charge >= 0.3 is 0 Å². The summed E-state index contributed by atoms with van der Waals surface area (Å²) in [6.07, 6.45) is 3.80. The summed E-state index contributed by atoms with van der Waals surface area (Å²) in [7, 11) is 0. The Hall–Kier alpha value is -0.600. The van der Waals surface area contributed by atoms with Gasteiger partial charge in [-0.05, 0) is 5.92 Å². The van der Waals surface area contributed by atoms with Gasteiger partial charge in [-0.1, -0.05) is 26.0 Å². The number of hydrogen-bond acceptors (Lipinski definition) is 2. The predicted octanol–water partition coefficient (Wildman–Crippen LogP) is 1.64. The Balaban J connectivity index is 3.91. The first kappa shape index (κ1) is 12.4. The molecule has 0 unspecified atom stereocenters. The maximum absolute atomic E-state index is 5.97. The average molecular weight is 182 g/mol. The number of nitrogens with zero attached hydrogens (tertiary/aromatic N) is 1. The fourth-order valence-corrected chi connectivity index (χ4v) is 1.10. The van der Waals surface area contributed by atoms with Crippen LogP contribution in [0.15, 0.2) is 25.3 Å². The van der Waals surface area contributed by atoms with Crippen LogP contribution in [0.25, 0.3) is 0 Å². The third-order valence-electron chi connectivity index (χ3n) is 2.10. The Morgan fingerprint density at radius 1 is 1.23 bits per heavy atom. The first-order chi connectivity index (χ1) is 6.11. The van der Waals surface area contributed by atoms with Gasteiger partial charge in [-0.15, -0.1) is 13.2 Å². The van der Waals surface area contributed by atoms with Crippen LogP contribution in [0.5, 0.6) is 0 Å². The minimum Gasteiger partial charge on any atom is -0.326 e. The van der Waals surface area contributed by atoms with Crippen molar-refractivity contribution < 1.29 is 0 Å². The molecule has 2 N–H and O–H groups in total. The van der Waals surface area contributed by atoms with E-state index in [1.165, 1.54) is 0 Å². The molecule has 13 heavy (non-hydrogen) atoms. The fraction of sp³-hybridized carbons (Fsp3) is 0.636. The molecule has 0 aromatic rings. The summed E-state index contributed by atoms with van der Waals surface area (Å²) in [5, 5.41) is 0. The molecule has 0 aliphatic heterocycles. The molecular formula is C11H22N2. The Morgan fingerprint density at radius 2 is 1.69 bits per heavy atom. The molecule has 2 heteroatoms. The Bertz CT molecular complexity index is 142. The molecule has 0 heterocycles. The summed E-state index contributed by atoms with van der Waals surface area (Å²) in [6, 6.07) is 0.236. The van der Waals surface area contributed by atoms with E-state index in [9.17, 15) is 0 Å². The second kappa shape index (κ2) is 6.87. The molecule has 2 nitrogen and oxygen atoms in total. The molecule has 0 aliphatic carbocycles. The van der Waals surface area contributed by atoms with Crippen LogP contribution >= 0.6 is 0 Å². The maximum Gasteiger partial charge on any atom is 0.0191 e. The molecule has 0 saturated carbocycles. The van der Waals surface area contributed by atoms with Crippen LogP contribution in [-0.4, -0.2) is 30.6 Å². The molecule has 0 spiro atoms. The van der Waals surface area contributed by atoms with Crippen molar-refractivity contribution in [3.63, 3.8) is 0 Å². The van der Waals surface area contributed by atoms with E-state index in [-0.39, 0.29) is 6.04 Å². The molecule has 76 valence electrons. The molecule has 0 radical (unpaired) electrons. The van der Waals surface area contributed by atoms with Crippen LogP contribution in [0.4, 0.5) is 0 Å². The largest absolute Gasteiger partial charge is 0.326 e. The molecule has 0 aromatic heterocycles. The van der Waals surface area contributed by atoms with Crippen LogP contribution in [0.2, 0.25) is 0 Å². The first-order valence-electron chi connectivity index (χ1n) is 4.81. The SMILES string of the molecule is C=CCN(CC=C)C[C@@H](N)C(C)C. The minimum atomic E-state index is 0.236. The zero-order valence-electron chi connectivity index (χ0n) is 8.87. The van der Waals surface area contributed by atoms with Crippen molar-refractivity contribution in [2.24, 2.45) is 11.7 Å². The maximum atomic E-state index is 5.97. The van der Waals surface area contributed by atoms with E-state index in [0.717, 1.165) is 19.6 Å². The average Bonchev–Trinajstić information content (AvgIpc) is 2.05. The molecule has 0 fully saturated rings. The third kappa shape index (κ3) is 5.61. The quantitative estimate of drug-likeness (QED) is 0.607. The van der Waals surface area contributed by atoms with E-state index in [4.69, 9.17) is 5.73 Å². The zero-order chi connectivity index (χ0) is 10.3. The van der Waals surface area contributed by atoms with Gasteiger partial charge in [0.15, 0.2) is 0 Å². The zero-order valence-corrected chi connectivity index (χ0v) is 8.87. The van der Waals surface area contributed by atoms with Crippen LogP contribution in [0, 0.1) is 5.92 Å². The van der Waals surface area contributed by atoms with Crippen LogP contribution < -0.4 is 5.73 Å². The molecule has 0 aromatic carbocycles. The van der Waals surface area contributed by atoms with Crippen LogP contribution in [0.1, 0.15) is 13.8 Å². The second-order valence-electron chi connectivity index (χ2n) is 3.70. The van der Waals surface area contributed by atoms with Crippen molar-refractivity contribution in [3.8, 4) is 0 Å². The number of nitrogens with two attached hydrogens (primary N) is 1. The molecule has 1 atom stereocenters. The van der Waals surface area contributed by atoms with Gasteiger partial charge in [0.05, 0.1) is 0 Å². The van der Waals surface area contributed by atoms with E-state index in [2.05, 4.69) is 31.9 Å². The van der Waals surface area contributed by atoms with Gasteiger partial charge in [0.2, 0.25) is 0 Å². The first-order valence-corrected chi connectivity index (χ1v) is 4.81. The highest BCUT2D eigenvalue weighted by atomic mass is 15.1. The van der Waals surface area contributed by atoms with Crippen molar-refractivity contribution in [2.45, 2.75) is 19.9 Å². The lowest BCUT2D eigenvalue weighted by Gasteiger charge is -2.25. The highest BCUT2D eigenvalue weighted by molar-refractivity contribution is 4.82. The van der Waals surface area contributed by atoms with Crippen molar-refractivity contribution in [1.82, 2.24) is 4.90 Å². The van der Waals surface area contributed by atoms with Crippen molar-refractivity contribution >= 4 is 0 Å². The highest BCUT2D eigenvalue weighted by Crippen LogP contribution is 2.01. The monoisotopic (exact) mass is 182 g/mol. The van der Waals surface area contributed by atoms with Gasteiger partial charge in [-0.25, -0.2) is 0 Å². The standard InChI is InChI=1S/C11H22N2/c1-5-7-13(8-6-2)9-11(12)10(3)4/h5-6,10-11H,1-2,7-9,12H2,3-4H3/t11-/m1/s1. The Kier molecular flexibility index (Phi) is 6.55. The predicted molar refractivity (Wildman–Crippen MR) is 59.6 cm³/mol. The molecule has 0 bridgehead atoms. The fourth-order valence-electron chi connectivity index (χ4n) is 1.10. The lowest BCUT2D eigenvalue weighted by molar-refractivity contribution is 0.283. The van der Waals surface area contributed by atoms with Crippen LogP contribution in [-0.2, 0) is 0 Å². The van der Waals surface area contributed by atoms with Crippen molar-refractivity contribution in [3.05, 3.63) is 25.3 Å². The van der Waals surface area contributed by atoms with Gasteiger partial charge in [0, 0.05) is 25.7 Å². The number of rotatable bonds is 7. The van der Waals surface area contributed by atoms with Crippen molar-refractivity contribution in [1.29, 1.82) is 0 Å². The van der Waals surface area contributed by atoms with E-state index in [1.807, 2.05) is 12.2 Å². The summed E-state index contributed by atoms with van der Waals surface area (Å²) in [5.74, 6) is 0.525. The van der Waals surface area contributed by atoms with Gasteiger partial charge in [-0.3, -0.25) is 4.90 Å². The van der Waals surface area contributed by atoms with E-state index in [1.54, 1.807) is 0 Å². The normalized spacial score (nSPS) is 13.3. The van der Waals surface area contributed by atoms with Gasteiger partial charge in [0.25, 0.3) is 0 Å². The lowest BCUT2D eigenvalue weighted by Crippen LogP contribution is -2.40. The smallest absolute Gasteiger partial charge is 0.0191 e. The summed E-state index contributed by atoms with van der Waals surface area (Å²) in [6.45, 7) is 14.4. The van der Waals surface area contributed by atoms with Crippen LogP contribution in [0.3, 0.4) is 0 Å². The topological polar surface area (TPSA) is 29.3 Å². The number of hydrogen-bond donors (Lipinski definition) is 1. The van der Waals surface area contributed by atoms with E-state index < -0.39 is 0 Å². The third-order valence-corrected chi connectivity index (χ3v) is 2.10. The Labute approximate surface area is 82.1 Å². The molecule has 0 aliphatic rings. The van der Waals surface area contributed by atoms with Gasteiger partial charge in [0.1, 0.15) is 0 Å². The van der Waals surface area contributed by atoms with E-state index in [0.29, 0.717) is 5.92 Å². The molecule has 0 amide bonds. The Morgan fingerprint density at radius 3 is 2.00 bits per heavy atom. The molecular weight excluding hydrogens is 160 g/mol. The van der Waals surface area contributed by atoms with Crippen molar-refractivity contribution in [2.75, 3.05) is 19.6 Å². The van der Waals surface area contributed by atoms with E-state index >= 15 is 0 Å². The van der Waals surface area contributed by atoms with Gasteiger partial charge in [-0.2, -0.15) is 0 Å². The minimum absolute atomic E-state index is 0.236. The lowest BCUT2D eigenvalue weighted by atomic mass is 10.1. The summed E-state index contributed by atoms with van der Waals surface area (Å²) >= 11 is 0.